The van der Waals surface area contributed by atoms with Crippen LogP contribution in [-0.2, 0) is 14.8 Å². The maximum atomic E-state index is 12.5. The molecule has 1 atom stereocenters. The summed E-state index contributed by atoms with van der Waals surface area (Å²) >= 11 is 0. The van der Waals surface area contributed by atoms with Crippen molar-refractivity contribution in [3.63, 3.8) is 0 Å². The molecule has 0 radical (unpaired) electrons. The van der Waals surface area contributed by atoms with E-state index in [0.717, 1.165) is 23.1 Å². The van der Waals surface area contributed by atoms with Crippen molar-refractivity contribution in [1.82, 2.24) is 5.32 Å². The molecule has 0 unspecified atom stereocenters. The Kier molecular flexibility index (Phi) is 5.79. The van der Waals surface area contributed by atoms with E-state index in [4.69, 9.17) is 9.47 Å². The van der Waals surface area contributed by atoms with Crippen molar-refractivity contribution in [3.05, 3.63) is 53.6 Å². The van der Waals surface area contributed by atoms with E-state index in [2.05, 4.69) is 5.32 Å². The lowest BCUT2D eigenvalue weighted by molar-refractivity contribution is -0.127. The molecule has 1 heterocycles. The van der Waals surface area contributed by atoms with Crippen molar-refractivity contribution in [2.24, 2.45) is 0 Å². The monoisotopic (exact) mass is 404 g/mol. The average molecular weight is 404 g/mol. The Balaban J connectivity index is 1.62. The van der Waals surface area contributed by atoms with Crippen LogP contribution >= 0.6 is 0 Å². The lowest BCUT2D eigenvalue weighted by Crippen LogP contribution is -2.51. The van der Waals surface area contributed by atoms with E-state index in [9.17, 15) is 13.2 Å². The molecule has 1 N–H and O–H groups in total. The summed E-state index contributed by atoms with van der Waals surface area (Å²) in [6.45, 7) is 4.36. The molecular weight excluding hydrogens is 380 g/mol. The molecule has 2 aromatic carbocycles. The van der Waals surface area contributed by atoms with Crippen LogP contribution in [0.25, 0.3) is 0 Å². The number of amides is 1. The van der Waals surface area contributed by atoms with Crippen molar-refractivity contribution in [1.29, 1.82) is 0 Å². The van der Waals surface area contributed by atoms with Crippen LogP contribution in [0.1, 0.15) is 11.1 Å². The second-order valence-corrected chi connectivity index (χ2v) is 8.73. The maximum Gasteiger partial charge on any atom is 0.263 e. The lowest BCUT2D eigenvalue weighted by Gasteiger charge is -2.34. The largest absolute Gasteiger partial charge is 0.492 e. The summed E-state index contributed by atoms with van der Waals surface area (Å²) in [6, 6.07) is 12.9. The van der Waals surface area contributed by atoms with Gasteiger partial charge in [0.1, 0.15) is 18.1 Å². The minimum Gasteiger partial charge on any atom is -0.492 e. The molecular formula is C20H24N2O5S. The average Bonchev–Trinajstić information content (AvgIpc) is 2.63. The fourth-order valence-corrected chi connectivity index (χ4v) is 3.89. The number of anilines is 1. The molecule has 1 aliphatic rings. The van der Waals surface area contributed by atoms with Gasteiger partial charge in [-0.3, -0.25) is 9.10 Å². The highest BCUT2D eigenvalue weighted by Gasteiger charge is 2.34. The van der Waals surface area contributed by atoms with Crippen molar-refractivity contribution in [2.45, 2.75) is 20.0 Å². The molecule has 7 nitrogen and oxygen atoms in total. The zero-order chi connectivity index (χ0) is 20.3. The maximum absolute atomic E-state index is 12.5. The van der Waals surface area contributed by atoms with Crippen molar-refractivity contribution >= 4 is 21.6 Å². The molecule has 0 bridgehead atoms. The van der Waals surface area contributed by atoms with Gasteiger partial charge in [-0.25, -0.2) is 8.42 Å². The Labute approximate surface area is 165 Å². The molecule has 0 saturated carbocycles. The quantitative estimate of drug-likeness (QED) is 0.745. The molecule has 150 valence electrons. The molecule has 0 spiro atoms. The number of fused-ring (bicyclic) bond motifs is 1. The van der Waals surface area contributed by atoms with Gasteiger partial charge in [-0.15, -0.1) is 0 Å². The number of sulfonamides is 1. The van der Waals surface area contributed by atoms with Gasteiger partial charge in [0.15, 0.2) is 6.10 Å². The minimum absolute atomic E-state index is 0.0700. The van der Waals surface area contributed by atoms with E-state index in [-0.39, 0.29) is 19.0 Å². The lowest BCUT2D eigenvalue weighted by atomic mass is 10.1. The third-order valence-corrected chi connectivity index (χ3v) is 5.48. The summed E-state index contributed by atoms with van der Waals surface area (Å²) in [6.07, 6.45) is 0.190. The zero-order valence-corrected chi connectivity index (χ0v) is 17.0. The normalized spacial score (nSPS) is 16.1. The van der Waals surface area contributed by atoms with E-state index in [0.29, 0.717) is 18.0 Å². The van der Waals surface area contributed by atoms with Crippen LogP contribution in [0, 0.1) is 13.8 Å². The number of carbonyl (C=O) groups excluding carboxylic acids is 1. The summed E-state index contributed by atoms with van der Waals surface area (Å²) < 4.78 is 36.9. The van der Waals surface area contributed by atoms with E-state index < -0.39 is 16.1 Å². The van der Waals surface area contributed by atoms with Crippen LogP contribution in [0.2, 0.25) is 0 Å². The molecule has 2 aromatic rings. The second kappa shape index (κ2) is 8.10. The summed E-state index contributed by atoms with van der Waals surface area (Å²) in [5, 5.41) is 2.74. The SMILES string of the molecule is Cc1cccc(OCCNC(=O)[C@H]2CN(S(C)(=O)=O)c3ccc(C)cc3O2)c1. The van der Waals surface area contributed by atoms with Gasteiger partial charge in [-0.05, 0) is 49.2 Å². The topological polar surface area (TPSA) is 84.9 Å². The number of carbonyl (C=O) groups is 1. The number of hydrogen-bond acceptors (Lipinski definition) is 5. The first-order chi connectivity index (χ1) is 13.2. The standard InChI is InChI=1S/C20H24N2O5S/c1-14-5-4-6-16(11-14)26-10-9-21-20(23)19-13-22(28(3,24)25)17-8-7-15(2)12-18(17)27-19/h4-8,11-12,19H,9-10,13H2,1-3H3,(H,21,23)/t19-/m1/s1. The van der Waals surface area contributed by atoms with Gasteiger partial charge in [-0.2, -0.15) is 0 Å². The van der Waals surface area contributed by atoms with Crippen LogP contribution in [0.4, 0.5) is 5.69 Å². The fourth-order valence-electron chi connectivity index (χ4n) is 2.97. The minimum atomic E-state index is -3.54. The number of hydrogen-bond donors (Lipinski definition) is 1. The highest BCUT2D eigenvalue weighted by Crippen LogP contribution is 2.35. The molecule has 8 heteroatoms. The van der Waals surface area contributed by atoms with Crippen LogP contribution in [0.3, 0.4) is 0 Å². The molecule has 1 aliphatic heterocycles. The van der Waals surface area contributed by atoms with Crippen LogP contribution < -0.4 is 19.1 Å². The predicted octanol–water partition coefficient (Wildman–Crippen LogP) is 2.03. The Hall–Kier alpha value is -2.74. The van der Waals surface area contributed by atoms with Crippen LogP contribution in [0.5, 0.6) is 11.5 Å². The summed E-state index contributed by atoms with van der Waals surface area (Å²) in [5.74, 6) is 0.734. The van der Waals surface area contributed by atoms with E-state index in [1.165, 1.54) is 4.31 Å². The number of rotatable bonds is 6. The highest BCUT2D eigenvalue weighted by molar-refractivity contribution is 7.92. The number of benzene rings is 2. The fraction of sp³-hybridized carbons (Fsp3) is 0.350. The second-order valence-electron chi connectivity index (χ2n) is 6.83. The number of nitrogens with zero attached hydrogens (tertiary/aromatic N) is 1. The molecule has 28 heavy (non-hydrogen) atoms. The van der Waals surface area contributed by atoms with Crippen LogP contribution in [-0.4, -0.2) is 46.4 Å². The van der Waals surface area contributed by atoms with Crippen molar-refractivity contribution in [3.8, 4) is 11.5 Å². The molecule has 1 amide bonds. The molecule has 0 fully saturated rings. The summed E-state index contributed by atoms with van der Waals surface area (Å²) in [4.78, 5) is 12.5. The van der Waals surface area contributed by atoms with E-state index in [1.54, 1.807) is 12.1 Å². The molecule has 0 saturated heterocycles. The number of ether oxygens (including phenoxy) is 2. The van der Waals surface area contributed by atoms with Gasteiger partial charge >= 0.3 is 0 Å². The predicted molar refractivity (Wildman–Crippen MR) is 107 cm³/mol. The van der Waals surface area contributed by atoms with Gasteiger partial charge in [0.25, 0.3) is 5.91 Å². The van der Waals surface area contributed by atoms with Crippen LogP contribution in [0.15, 0.2) is 42.5 Å². The third-order valence-electron chi connectivity index (χ3n) is 4.34. The third kappa shape index (κ3) is 4.75. The Morgan fingerprint density at radius 3 is 2.68 bits per heavy atom. The van der Waals surface area contributed by atoms with Crippen molar-refractivity contribution in [2.75, 3.05) is 30.3 Å². The Morgan fingerprint density at radius 1 is 1.21 bits per heavy atom. The summed E-state index contributed by atoms with van der Waals surface area (Å²) in [5.41, 5.74) is 2.45. The van der Waals surface area contributed by atoms with Gasteiger partial charge in [0.05, 0.1) is 25.0 Å². The van der Waals surface area contributed by atoms with Crippen molar-refractivity contribution < 1.29 is 22.7 Å². The van der Waals surface area contributed by atoms with Gasteiger partial charge < -0.3 is 14.8 Å². The van der Waals surface area contributed by atoms with Gasteiger partial charge in [0.2, 0.25) is 10.0 Å². The first-order valence-electron chi connectivity index (χ1n) is 8.96. The van der Waals surface area contributed by atoms with E-state index >= 15 is 0 Å². The Bertz CT molecular complexity index is 974. The first-order valence-corrected chi connectivity index (χ1v) is 10.8. The van der Waals surface area contributed by atoms with E-state index in [1.807, 2.05) is 44.2 Å². The van der Waals surface area contributed by atoms with Gasteiger partial charge in [-0.1, -0.05) is 18.2 Å². The highest BCUT2D eigenvalue weighted by atomic mass is 32.2. The summed E-state index contributed by atoms with van der Waals surface area (Å²) in [7, 11) is -3.54. The van der Waals surface area contributed by atoms with Gasteiger partial charge in [0, 0.05) is 0 Å². The smallest absolute Gasteiger partial charge is 0.263 e. The zero-order valence-electron chi connectivity index (χ0n) is 16.1. The molecule has 0 aromatic heterocycles. The Morgan fingerprint density at radius 2 is 1.96 bits per heavy atom. The number of nitrogens with one attached hydrogen (secondary N) is 1. The first kappa shape index (κ1) is 20.0. The number of aryl methyl sites for hydroxylation is 2. The molecule has 0 aliphatic carbocycles. The molecule has 3 rings (SSSR count).